The highest BCUT2D eigenvalue weighted by Crippen LogP contribution is 2.14. The fourth-order valence-electron chi connectivity index (χ4n) is 0.843. The normalized spacial score (nSPS) is 8.87. The summed E-state index contributed by atoms with van der Waals surface area (Å²) in [4.78, 5) is 22.0. The molecule has 0 saturated heterocycles. The van der Waals surface area contributed by atoms with Crippen LogP contribution in [0.1, 0.15) is 21.7 Å². The number of carbonyl (C=O) groups excluding carboxylic acids is 2. The van der Waals surface area contributed by atoms with Gasteiger partial charge in [0.25, 0.3) is 0 Å². The quantitative estimate of drug-likeness (QED) is 0.594. The third-order valence-electron chi connectivity index (χ3n) is 1.48. The first kappa shape index (κ1) is 11.3. The van der Waals surface area contributed by atoms with E-state index in [-0.39, 0.29) is 12.4 Å². The number of esters is 1. The lowest BCUT2D eigenvalue weighted by atomic mass is 10.3. The van der Waals surface area contributed by atoms with Gasteiger partial charge in [-0.05, 0) is 6.07 Å². The van der Waals surface area contributed by atoms with Crippen LogP contribution in [0.25, 0.3) is 0 Å². The maximum absolute atomic E-state index is 11.1. The second-order valence-electron chi connectivity index (χ2n) is 2.64. The third-order valence-corrected chi connectivity index (χ3v) is 2.39. The average molecular weight is 223 g/mol. The summed E-state index contributed by atoms with van der Waals surface area (Å²) in [7, 11) is 1.32. The van der Waals surface area contributed by atoms with Gasteiger partial charge in [-0.25, -0.2) is 4.79 Å². The smallest absolute Gasteiger partial charge is 0.348 e. The molecule has 0 bridgehead atoms. The number of hydrogen-bond donors (Lipinski definition) is 1. The lowest BCUT2D eigenvalue weighted by molar-refractivity contribution is -0.117. The van der Waals surface area contributed by atoms with E-state index >= 15 is 0 Å². The van der Waals surface area contributed by atoms with E-state index in [1.807, 2.05) is 0 Å². The largest absolute Gasteiger partial charge is 0.465 e. The highest BCUT2D eigenvalue weighted by Gasteiger charge is 2.07. The fourth-order valence-corrected chi connectivity index (χ4v) is 1.60. The maximum atomic E-state index is 11.1. The van der Waals surface area contributed by atoms with Crippen LogP contribution in [-0.2, 0) is 9.53 Å². The average Bonchev–Trinajstić information content (AvgIpc) is 2.65. The van der Waals surface area contributed by atoms with Crippen molar-refractivity contribution in [2.75, 3.05) is 7.11 Å². The molecule has 4 nitrogen and oxygen atoms in total. The molecule has 0 unspecified atom stereocenters. The number of hydrogen-bond acceptors (Lipinski definition) is 4. The number of rotatable bonds is 2. The molecule has 0 aliphatic carbocycles. The second kappa shape index (κ2) is 5.17. The Morgan fingerprint density at radius 1 is 1.60 bits per heavy atom. The first-order valence-corrected chi connectivity index (χ1v) is 4.95. The molecule has 5 heteroatoms. The number of carbonyl (C=O) groups is 2. The van der Waals surface area contributed by atoms with Gasteiger partial charge in [0.05, 0.1) is 13.5 Å². The van der Waals surface area contributed by atoms with Crippen LogP contribution in [0.2, 0.25) is 0 Å². The van der Waals surface area contributed by atoms with Gasteiger partial charge in [-0.2, -0.15) is 0 Å². The van der Waals surface area contributed by atoms with Crippen LogP contribution in [0.15, 0.2) is 11.4 Å². The second-order valence-corrected chi connectivity index (χ2v) is 3.55. The minimum Gasteiger partial charge on any atom is -0.465 e. The third kappa shape index (κ3) is 3.44. The van der Waals surface area contributed by atoms with Crippen LogP contribution in [0.5, 0.6) is 0 Å². The van der Waals surface area contributed by atoms with Crippen LogP contribution < -0.4 is 5.73 Å². The predicted octanol–water partition coefficient (Wildman–Crippen LogP) is 0.762. The molecule has 2 N–H and O–H groups in total. The summed E-state index contributed by atoms with van der Waals surface area (Å²) < 4.78 is 4.54. The first-order chi connectivity index (χ1) is 7.13. The van der Waals surface area contributed by atoms with E-state index in [9.17, 15) is 9.59 Å². The Hall–Kier alpha value is -1.80. The van der Waals surface area contributed by atoms with Crippen LogP contribution in [-0.4, -0.2) is 19.0 Å². The molecule has 0 aliphatic rings. The molecular formula is C10H9NO3S. The van der Waals surface area contributed by atoms with E-state index in [1.54, 1.807) is 11.4 Å². The van der Waals surface area contributed by atoms with Gasteiger partial charge in [0.2, 0.25) is 5.91 Å². The van der Waals surface area contributed by atoms with E-state index < -0.39 is 5.91 Å². The molecule has 1 heterocycles. The molecule has 1 rings (SSSR count). The highest BCUT2D eigenvalue weighted by molar-refractivity contribution is 7.12. The molecule has 1 aromatic rings. The summed E-state index contributed by atoms with van der Waals surface area (Å²) in [5.41, 5.74) is 5.60. The summed E-state index contributed by atoms with van der Waals surface area (Å²) in [6.07, 6.45) is 0.0173. The number of methoxy groups -OCH3 is 1. The summed E-state index contributed by atoms with van der Waals surface area (Å²) in [5.74, 6) is 4.48. The molecule has 0 aliphatic heterocycles. The fraction of sp³-hybridized carbons (Fsp3) is 0.200. The molecule has 15 heavy (non-hydrogen) atoms. The van der Waals surface area contributed by atoms with E-state index in [4.69, 9.17) is 5.73 Å². The SMILES string of the molecule is COC(=O)c1cc(C#CCC(N)=O)cs1. The zero-order chi connectivity index (χ0) is 11.3. The lowest BCUT2D eigenvalue weighted by Crippen LogP contribution is -2.08. The van der Waals surface area contributed by atoms with Crippen LogP contribution in [0.4, 0.5) is 0 Å². The van der Waals surface area contributed by atoms with Gasteiger partial charge in [-0.3, -0.25) is 4.79 Å². The van der Waals surface area contributed by atoms with Crippen LogP contribution in [0.3, 0.4) is 0 Å². The van der Waals surface area contributed by atoms with E-state index in [0.717, 1.165) is 0 Å². The summed E-state index contributed by atoms with van der Waals surface area (Å²) in [6, 6.07) is 1.62. The number of amides is 1. The summed E-state index contributed by atoms with van der Waals surface area (Å²) >= 11 is 1.25. The Balaban J connectivity index is 2.71. The molecule has 1 aromatic heterocycles. The Kier molecular flexibility index (Phi) is 3.89. The Morgan fingerprint density at radius 3 is 2.93 bits per heavy atom. The van der Waals surface area contributed by atoms with Crippen molar-refractivity contribution in [3.05, 3.63) is 21.9 Å². The van der Waals surface area contributed by atoms with Gasteiger partial charge in [0, 0.05) is 10.9 Å². The highest BCUT2D eigenvalue weighted by atomic mass is 32.1. The standard InChI is InChI=1S/C10H9NO3S/c1-14-10(13)8-5-7(6-15-8)3-2-4-9(11)12/h5-6H,4H2,1H3,(H2,11,12). The van der Waals surface area contributed by atoms with Crippen molar-refractivity contribution in [1.29, 1.82) is 0 Å². The van der Waals surface area contributed by atoms with Crippen molar-refractivity contribution in [2.24, 2.45) is 5.73 Å². The number of thiophene rings is 1. The topological polar surface area (TPSA) is 69.4 Å². The van der Waals surface area contributed by atoms with Crippen LogP contribution >= 0.6 is 11.3 Å². The van der Waals surface area contributed by atoms with Gasteiger partial charge in [0.1, 0.15) is 4.88 Å². The first-order valence-electron chi connectivity index (χ1n) is 4.07. The van der Waals surface area contributed by atoms with Gasteiger partial charge >= 0.3 is 5.97 Å². The molecule has 0 aromatic carbocycles. The molecule has 1 amide bonds. The zero-order valence-corrected chi connectivity index (χ0v) is 8.89. The number of nitrogens with two attached hydrogens (primary N) is 1. The predicted molar refractivity (Wildman–Crippen MR) is 56.3 cm³/mol. The van der Waals surface area contributed by atoms with Crippen LogP contribution in [0, 0.1) is 11.8 Å². The van der Waals surface area contributed by atoms with E-state index in [1.165, 1.54) is 18.4 Å². The maximum Gasteiger partial charge on any atom is 0.348 e. The zero-order valence-electron chi connectivity index (χ0n) is 8.07. The van der Waals surface area contributed by atoms with Crippen molar-refractivity contribution in [3.63, 3.8) is 0 Å². The van der Waals surface area contributed by atoms with Crippen molar-refractivity contribution in [2.45, 2.75) is 6.42 Å². The summed E-state index contributed by atoms with van der Waals surface area (Å²) in [5, 5.41) is 1.72. The molecule has 0 fully saturated rings. The molecule has 0 saturated carbocycles. The van der Waals surface area contributed by atoms with E-state index in [0.29, 0.717) is 10.4 Å². The molecular weight excluding hydrogens is 214 g/mol. The Labute approximate surface area is 91.0 Å². The van der Waals surface area contributed by atoms with Crippen molar-refractivity contribution in [1.82, 2.24) is 0 Å². The lowest BCUT2D eigenvalue weighted by Gasteiger charge is -1.90. The van der Waals surface area contributed by atoms with Crippen molar-refractivity contribution >= 4 is 23.2 Å². The Morgan fingerprint density at radius 2 is 2.33 bits per heavy atom. The summed E-state index contributed by atoms with van der Waals surface area (Å²) in [6.45, 7) is 0. The van der Waals surface area contributed by atoms with Gasteiger partial charge in [0.15, 0.2) is 0 Å². The van der Waals surface area contributed by atoms with Crippen molar-refractivity contribution < 1.29 is 14.3 Å². The van der Waals surface area contributed by atoms with Gasteiger partial charge < -0.3 is 10.5 Å². The van der Waals surface area contributed by atoms with E-state index in [2.05, 4.69) is 16.6 Å². The molecule has 0 atom stereocenters. The number of primary amides is 1. The van der Waals surface area contributed by atoms with Gasteiger partial charge in [-0.1, -0.05) is 11.8 Å². The minimum absolute atomic E-state index is 0.0173. The minimum atomic E-state index is -0.467. The molecule has 78 valence electrons. The van der Waals surface area contributed by atoms with Gasteiger partial charge in [-0.15, -0.1) is 11.3 Å². The monoisotopic (exact) mass is 223 g/mol. The Bertz CT molecular complexity index is 439. The van der Waals surface area contributed by atoms with Crippen molar-refractivity contribution in [3.8, 4) is 11.8 Å². The molecule has 0 radical (unpaired) electrons. The number of ether oxygens (including phenoxy) is 1. The molecule has 0 spiro atoms.